The number of nitrogens with one attached hydrogen (secondary N) is 1. The van der Waals surface area contributed by atoms with E-state index in [0.29, 0.717) is 10.6 Å². The minimum absolute atomic E-state index is 0.0757. The summed E-state index contributed by atoms with van der Waals surface area (Å²) in [6, 6.07) is 8.31. The summed E-state index contributed by atoms with van der Waals surface area (Å²) in [6.45, 7) is 6.01. The average Bonchev–Trinajstić information content (AvgIpc) is 3.05. The summed E-state index contributed by atoms with van der Waals surface area (Å²) >= 11 is 1.45. The summed E-state index contributed by atoms with van der Waals surface area (Å²) in [7, 11) is 0. The molecule has 0 unspecified atom stereocenters. The third-order valence-electron chi connectivity index (χ3n) is 5.34. The highest BCUT2D eigenvalue weighted by atomic mass is 32.1. The van der Waals surface area contributed by atoms with Crippen molar-refractivity contribution >= 4 is 34.5 Å². The smallest absolute Gasteiger partial charge is 0.337 e. The van der Waals surface area contributed by atoms with E-state index in [0.717, 1.165) is 29.7 Å². The number of aromatic carboxylic acids is 1. The maximum atomic E-state index is 12.8. The monoisotopic (exact) mass is 459 g/mol. The number of carboxylic acid groups (broad SMARTS) is 1. The second-order valence-corrected chi connectivity index (χ2v) is 8.55. The molecule has 0 bridgehead atoms. The van der Waals surface area contributed by atoms with Gasteiger partial charge in [0.25, 0.3) is 5.91 Å². The van der Waals surface area contributed by atoms with E-state index >= 15 is 0 Å². The Labute approximate surface area is 199 Å². The van der Waals surface area contributed by atoms with Crippen LogP contribution < -0.4 is 5.32 Å². The number of rotatable bonds is 4. The predicted molar refractivity (Wildman–Crippen MR) is 138 cm³/mol. The summed E-state index contributed by atoms with van der Waals surface area (Å²) < 4.78 is 0. The lowest BCUT2D eigenvalue weighted by Gasteiger charge is -2.12. The molecule has 2 aliphatic carbocycles. The van der Waals surface area contributed by atoms with Crippen molar-refractivity contribution in [2.45, 2.75) is 40.0 Å². The van der Waals surface area contributed by atoms with Gasteiger partial charge >= 0.3 is 5.97 Å². The SMILES string of the molecule is CC.Cc1cc(C(=O)Nc2ccccc2C(=O)O)sc1/C1=C/C=C\C2=C(C=CCC=C2)CC1. The molecule has 170 valence electrons. The van der Waals surface area contributed by atoms with Crippen molar-refractivity contribution in [3.05, 3.63) is 105 Å². The van der Waals surface area contributed by atoms with Gasteiger partial charge in [0, 0.05) is 4.88 Å². The van der Waals surface area contributed by atoms with Crippen LogP contribution in [0.5, 0.6) is 0 Å². The second kappa shape index (κ2) is 11.4. The van der Waals surface area contributed by atoms with Crippen LogP contribution in [0.2, 0.25) is 0 Å². The van der Waals surface area contributed by atoms with Crippen LogP contribution >= 0.6 is 11.3 Å². The molecular weight excluding hydrogens is 430 g/mol. The van der Waals surface area contributed by atoms with E-state index in [-0.39, 0.29) is 11.5 Å². The van der Waals surface area contributed by atoms with Gasteiger partial charge in [-0.25, -0.2) is 4.79 Å². The number of amides is 1. The van der Waals surface area contributed by atoms with Crippen molar-refractivity contribution in [1.29, 1.82) is 0 Å². The molecule has 4 rings (SSSR count). The van der Waals surface area contributed by atoms with Gasteiger partial charge in [0.15, 0.2) is 0 Å². The fraction of sp³-hybridized carbons (Fsp3) is 0.214. The zero-order valence-corrected chi connectivity index (χ0v) is 20.0. The number of benzene rings is 1. The van der Waals surface area contributed by atoms with Gasteiger partial charge < -0.3 is 10.4 Å². The van der Waals surface area contributed by atoms with Crippen LogP contribution in [0.25, 0.3) is 5.57 Å². The van der Waals surface area contributed by atoms with Crippen molar-refractivity contribution in [1.82, 2.24) is 0 Å². The molecule has 0 saturated carbocycles. The molecule has 0 saturated heterocycles. The fourth-order valence-corrected chi connectivity index (χ4v) is 4.88. The maximum Gasteiger partial charge on any atom is 0.337 e. The van der Waals surface area contributed by atoms with Crippen LogP contribution in [0, 0.1) is 6.92 Å². The molecule has 0 aliphatic heterocycles. The molecular formula is C28H29NO3S. The number of carbonyl (C=O) groups is 2. The van der Waals surface area contributed by atoms with Crippen molar-refractivity contribution < 1.29 is 14.7 Å². The minimum atomic E-state index is -1.07. The molecule has 1 heterocycles. The molecule has 1 aromatic heterocycles. The van der Waals surface area contributed by atoms with E-state index in [2.05, 4.69) is 47.8 Å². The van der Waals surface area contributed by atoms with Gasteiger partial charge in [-0.2, -0.15) is 0 Å². The normalized spacial score (nSPS) is 17.4. The molecule has 0 spiro atoms. The first-order valence-electron chi connectivity index (χ1n) is 11.2. The number of hydrogen-bond donors (Lipinski definition) is 2. The van der Waals surface area contributed by atoms with Gasteiger partial charge in [-0.3, -0.25) is 4.79 Å². The fourth-order valence-electron chi connectivity index (χ4n) is 3.76. The van der Waals surface area contributed by atoms with Crippen LogP contribution in [0.4, 0.5) is 5.69 Å². The lowest BCUT2D eigenvalue weighted by Crippen LogP contribution is -2.13. The van der Waals surface area contributed by atoms with Crippen LogP contribution in [0.15, 0.2) is 84.0 Å². The Morgan fingerprint density at radius 1 is 1.03 bits per heavy atom. The minimum Gasteiger partial charge on any atom is -0.478 e. The number of para-hydroxylation sites is 1. The van der Waals surface area contributed by atoms with E-state index < -0.39 is 5.97 Å². The highest BCUT2D eigenvalue weighted by molar-refractivity contribution is 7.15. The first-order chi connectivity index (χ1) is 16.0. The Morgan fingerprint density at radius 2 is 1.79 bits per heavy atom. The molecule has 2 N–H and O–H groups in total. The van der Waals surface area contributed by atoms with E-state index in [1.54, 1.807) is 18.2 Å². The Hall–Kier alpha value is -3.44. The molecule has 5 heteroatoms. The van der Waals surface area contributed by atoms with Gasteiger partial charge in [-0.15, -0.1) is 11.3 Å². The maximum absolute atomic E-state index is 12.8. The summed E-state index contributed by atoms with van der Waals surface area (Å²) in [4.78, 5) is 25.9. The third kappa shape index (κ3) is 5.88. The van der Waals surface area contributed by atoms with Crippen LogP contribution in [-0.2, 0) is 0 Å². The number of aryl methyl sites for hydroxylation is 1. The zero-order chi connectivity index (χ0) is 23.8. The second-order valence-electron chi connectivity index (χ2n) is 7.50. The Balaban J connectivity index is 0.00000149. The van der Waals surface area contributed by atoms with Crippen LogP contribution in [0.1, 0.15) is 63.6 Å². The number of hydrogen-bond acceptors (Lipinski definition) is 3. The molecule has 2 aromatic rings. The highest BCUT2D eigenvalue weighted by Gasteiger charge is 2.18. The van der Waals surface area contributed by atoms with Crippen molar-refractivity contribution in [3.8, 4) is 0 Å². The quantitative estimate of drug-likeness (QED) is 0.495. The predicted octanol–water partition coefficient (Wildman–Crippen LogP) is 7.58. The van der Waals surface area contributed by atoms with Gasteiger partial charge in [0.2, 0.25) is 0 Å². The molecule has 33 heavy (non-hydrogen) atoms. The molecule has 0 atom stereocenters. The topological polar surface area (TPSA) is 66.4 Å². The van der Waals surface area contributed by atoms with Crippen molar-refractivity contribution in [2.75, 3.05) is 5.32 Å². The lowest BCUT2D eigenvalue weighted by atomic mass is 9.95. The Bertz CT molecular complexity index is 1190. The molecule has 0 fully saturated rings. The van der Waals surface area contributed by atoms with Crippen LogP contribution in [-0.4, -0.2) is 17.0 Å². The molecule has 2 aliphatic rings. The molecule has 4 nitrogen and oxygen atoms in total. The van der Waals surface area contributed by atoms with Crippen molar-refractivity contribution in [3.63, 3.8) is 0 Å². The number of carboxylic acids is 1. The van der Waals surface area contributed by atoms with E-state index in [9.17, 15) is 14.7 Å². The van der Waals surface area contributed by atoms with Crippen molar-refractivity contribution in [2.24, 2.45) is 0 Å². The van der Waals surface area contributed by atoms with Gasteiger partial charge in [0.05, 0.1) is 16.1 Å². The summed E-state index contributed by atoms with van der Waals surface area (Å²) in [5, 5.41) is 12.1. The first kappa shape index (κ1) is 24.2. The highest BCUT2D eigenvalue weighted by Crippen LogP contribution is 2.35. The summed E-state index contributed by atoms with van der Waals surface area (Å²) in [6.07, 6.45) is 17.9. The molecule has 0 radical (unpaired) electrons. The van der Waals surface area contributed by atoms with E-state index in [1.807, 2.05) is 26.8 Å². The Kier molecular flexibility index (Phi) is 8.39. The van der Waals surface area contributed by atoms with Gasteiger partial charge in [-0.1, -0.05) is 68.5 Å². The number of allylic oxidation sites excluding steroid dienone is 10. The molecule has 1 amide bonds. The van der Waals surface area contributed by atoms with E-state index in [1.165, 1.54) is 34.1 Å². The number of anilines is 1. The van der Waals surface area contributed by atoms with Gasteiger partial charge in [-0.05, 0) is 66.7 Å². The lowest BCUT2D eigenvalue weighted by molar-refractivity contribution is 0.0698. The zero-order valence-electron chi connectivity index (χ0n) is 19.2. The van der Waals surface area contributed by atoms with E-state index in [4.69, 9.17) is 0 Å². The standard InChI is InChI=1S/C26H23NO3S.C2H6/c1-17-16-23(25(28)27-22-13-6-5-12-21(22)26(29)30)31-24(17)20-11-7-10-18-8-3-2-4-9-19(18)14-15-20;1-2/h3-13,16H,2,14-15H2,1H3,(H,27,28)(H,29,30);1-2H3/b10-7-,20-11+;. The number of thiophene rings is 1. The third-order valence-corrected chi connectivity index (χ3v) is 6.65. The first-order valence-corrected chi connectivity index (χ1v) is 12.0. The largest absolute Gasteiger partial charge is 0.478 e. The number of carbonyl (C=O) groups excluding carboxylic acids is 1. The summed E-state index contributed by atoms with van der Waals surface area (Å²) in [5.41, 5.74) is 5.21. The van der Waals surface area contributed by atoms with Crippen LogP contribution in [0.3, 0.4) is 0 Å². The Morgan fingerprint density at radius 3 is 2.58 bits per heavy atom. The molecule has 1 aromatic carbocycles. The average molecular weight is 460 g/mol. The van der Waals surface area contributed by atoms with Gasteiger partial charge in [0.1, 0.15) is 0 Å². The summed E-state index contributed by atoms with van der Waals surface area (Å²) in [5.74, 6) is -1.36.